The van der Waals surface area contributed by atoms with Crippen LogP contribution in [0.1, 0.15) is 55.1 Å². The molecule has 2 aromatic heterocycles. The second-order valence-corrected chi connectivity index (χ2v) is 11.1. The van der Waals surface area contributed by atoms with E-state index in [1.165, 1.54) is 18.3 Å². The van der Waals surface area contributed by atoms with Crippen molar-refractivity contribution in [1.29, 1.82) is 0 Å². The number of halogens is 5. The van der Waals surface area contributed by atoms with E-state index >= 15 is 0 Å². The number of hydrogen-bond acceptors (Lipinski definition) is 8. The highest BCUT2D eigenvalue weighted by Gasteiger charge is 2.60. The summed E-state index contributed by atoms with van der Waals surface area (Å²) in [7, 11) is 0. The zero-order valence-corrected chi connectivity index (χ0v) is 24.2. The topological polar surface area (TPSA) is 114 Å². The van der Waals surface area contributed by atoms with Gasteiger partial charge in [0.2, 0.25) is 6.10 Å². The number of hydrogen-bond donors (Lipinski definition) is 3. The summed E-state index contributed by atoms with van der Waals surface area (Å²) in [5.74, 6) is -7.72. The van der Waals surface area contributed by atoms with Crippen molar-refractivity contribution in [3.63, 3.8) is 0 Å². The van der Waals surface area contributed by atoms with E-state index in [-0.39, 0.29) is 17.1 Å². The van der Waals surface area contributed by atoms with Crippen molar-refractivity contribution in [2.45, 2.75) is 70.0 Å². The summed E-state index contributed by atoms with van der Waals surface area (Å²) in [6.45, 7) is 5.55. The van der Waals surface area contributed by atoms with Crippen molar-refractivity contribution < 1.29 is 41.0 Å². The quantitative estimate of drug-likeness (QED) is 0.191. The monoisotopic (exact) mass is 621 g/mol. The number of nitrogens with zero attached hydrogens (tertiary/aromatic N) is 2. The number of aromatic nitrogens is 2. The number of carbonyl (C=O) groups is 2. The Labute approximate surface area is 250 Å². The second kappa shape index (κ2) is 13.1. The number of benzene rings is 1. The average molecular weight is 622 g/mol. The van der Waals surface area contributed by atoms with Crippen LogP contribution in [0.5, 0.6) is 5.75 Å². The smallest absolute Gasteiger partial charge is 0.458 e. The maximum Gasteiger partial charge on any atom is 0.458 e. The highest BCUT2D eigenvalue weighted by Crippen LogP contribution is 2.48. The Morgan fingerprint density at radius 3 is 2.41 bits per heavy atom. The number of amides is 1. The van der Waals surface area contributed by atoms with Crippen molar-refractivity contribution in [2.24, 2.45) is 0 Å². The number of pyridine rings is 2. The van der Waals surface area contributed by atoms with Crippen molar-refractivity contribution in [3.8, 4) is 5.75 Å². The molecular formula is C30H32F5N5O4. The van der Waals surface area contributed by atoms with Gasteiger partial charge in [-0.05, 0) is 82.1 Å². The van der Waals surface area contributed by atoms with E-state index in [1.54, 1.807) is 45.3 Å². The number of esters is 1. The Kier molecular flexibility index (Phi) is 9.72. The molecule has 0 aliphatic carbocycles. The molecule has 14 heteroatoms. The number of nitrogens with one attached hydrogen (secondary N) is 3. The summed E-state index contributed by atoms with van der Waals surface area (Å²) >= 11 is 0. The van der Waals surface area contributed by atoms with Gasteiger partial charge in [-0.15, -0.1) is 0 Å². The molecule has 44 heavy (non-hydrogen) atoms. The van der Waals surface area contributed by atoms with Crippen LogP contribution in [-0.4, -0.2) is 52.3 Å². The van der Waals surface area contributed by atoms with Crippen molar-refractivity contribution >= 4 is 23.4 Å². The van der Waals surface area contributed by atoms with Gasteiger partial charge in [-0.2, -0.15) is 22.0 Å². The maximum atomic E-state index is 14.7. The highest BCUT2D eigenvalue weighted by molar-refractivity contribution is 6.07. The number of rotatable bonds is 10. The van der Waals surface area contributed by atoms with Crippen molar-refractivity contribution in [1.82, 2.24) is 15.3 Å². The minimum absolute atomic E-state index is 0.0792. The van der Waals surface area contributed by atoms with E-state index in [0.717, 1.165) is 17.7 Å². The first-order valence-corrected chi connectivity index (χ1v) is 13.8. The van der Waals surface area contributed by atoms with E-state index in [9.17, 15) is 31.5 Å². The molecule has 1 fully saturated rings. The van der Waals surface area contributed by atoms with Crippen LogP contribution in [0.15, 0.2) is 61.1 Å². The summed E-state index contributed by atoms with van der Waals surface area (Å²) in [5, 5.41) is 8.54. The molecule has 1 aliphatic rings. The highest BCUT2D eigenvalue weighted by atomic mass is 19.4. The molecule has 1 unspecified atom stereocenters. The molecule has 4 rings (SSSR count). The predicted molar refractivity (Wildman–Crippen MR) is 151 cm³/mol. The van der Waals surface area contributed by atoms with Crippen molar-refractivity contribution in [2.75, 3.05) is 17.2 Å². The first kappa shape index (κ1) is 32.6. The number of alkyl halides is 5. The van der Waals surface area contributed by atoms with E-state index in [4.69, 9.17) is 9.47 Å². The summed E-state index contributed by atoms with van der Waals surface area (Å²) < 4.78 is 81.0. The molecule has 9 nitrogen and oxygen atoms in total. The van der Waals surface area contributed by atoms with E-state index in [2.05, 4.69) is 25.9 Å². The van der Waals surface area contributed by atoms with E-state index < -0.39 is 53.0 Å². The Balaban J connectivity index is 1.66. The van der Waals surface area contributed by atoms with Gasteiger partial charge < -0.3 is 25.4 Å². The van der Waals surface area contributed by atoms with Gasteiger partial charge in [-0.25, -0.2) is 9.78 Å². The molecule has 0 spiro atoms. The van der Waals surface area contributed by atoms with Gasteiger partial charge in [0.15, 0.2) is 0 Å². The average Bonchev–Trinajstić information content (AvgIpc) is 3.48. The summed E-state index contributed by atoms with van der Waals surface area (Å²) in [6, 6.07) is 8.04. The first-order valence-electron chi connectivity index (χ1n) is 13.8. The van der Waals surface area contributed by atoms with Crippen LogP contribution in [-0.2, 0) is 22.0 Å². The number of carbonyl (C=O) groups excluding carboxylic acids is 2. The van der Waals surface area contributed by atoms with Crippen LogP contribution in [0, 0.1) is 0 Å². The second-order valence-electron chi connectivity index (χ2n) is 11.1. The fourth-order valence-electron chi connectivity index (χ4n) is 4.49. The van der Waals surface area contributed by atoms with Gasteiger partial charge in [-0.3, -0.25) is 9.78 Å². The molecule has 0 bridgehead atoms. The van der Waals surface area contributed by atoms with Crippen LogP contribution in [0.2, 0.25) is 0 Å². The molecular weight excluding hydrogens is 589 g/mol. The van der Waals surface area contributed by atoms with Crippen LogP contribution in [0.25, 0.3) is 0 Å². The molecule has 3 N–H and O–H groups in total. The van der Waals surface area contributed by atoms with Crippen LogP contribution >= 0.6 is 0 Å². The summed E-state index contributed by atoms with van der Waals surface area (Å²) in [6.07, 6.45) is -1.84. The zero-order valence-electron chi connectivity index (χ0n) is 24.2. The Morgan fingerprint density at radius 2 is 1.77 bits per heavy atom. The lowest BCUT2D eigenvalue weighted by Crippen LogP contribution is -2.47. The van der Waals surface area contributed by atoms with Gasteiger partial charge in [0.25, 0.3) is 5.91 Å². The maximum absolute atomic E-state index is 14.7. The fourth-order valence-corrected chi connectivity index (χ4v) is 4.49. The molecule has 1 amide bonds. The molecule has 1 saturated heterocycles. The molecule has 0 saturated carbocycles. The van der Waals surface area contributed by atoms with Gasteiger partial charge in [0, 0.05) is 36.9 Å². The number of ether oxygens (including phenoxy) is 2. The molecule has 3 aromatic rings. The molecule has 3 heterocycles. The lowest BCUT2D eigenvalue weighted by Gasteiger charge is -2.30. The van der Waals surface area contributed by atoms with E-state index in [0.29, 0.717) is 32.0 Å². The SMILES string of the molecule is CC(C)(C)OC(=O)[C@H](Oc1cc(NC(=O)c2cccnc2NCc2ccncc2)ccc1C(F)(F)C(F)(F)F)C1CCCN1. The van der Waals surface area contributed by atoms with Gasteiger partial charge in [-0.1, -0.05) is 0 Å². The molecule has 236 valence electrons. The van der Waals surface area contributed by atoms with Gasteiger partial charge in [0.05, 0.1) is 17.2 Å². The minimum Gasteiger partial charge on any atom is -0.476 e. The summed E-state index contributed by atoms with van der Waals surface area (Å²) in [5.41, 5.74) is -1.72. The molecule has 2 atom stereocenters. The molecule has 1 aromatic carbocycles. The summed E-state index contributed by atoms with van der Waals surface area (Å²) in [4.78, 5) is 34.4. The van der Waals surface area contributed by atoms with Gasteiger partial charge >= 0.3 is 18.1 Å². The standard InChI is InChI=1S/C30H32F5N5O4/c1-28(2,3)44-27(42)24(22-7-5-12-37-22)43-23-16-19(8-9-21(23)29(31,32)30(33,34)35)40-26(41)20-6-4-13-38-25(20)39-17-18-10-14-36-15-11-18/h4,6,8-11,13-16,22,24,37H,5,7,12,17H2,1-3H3,(H,38,39)(H,40,41)/t22?,24-/m1/s1. The van der Waals surface area contributed by atoms with E-state index in [1.807, 2.05) is 0 Å². The zero-order chi connectivity index (χ0) is 32.1. The predicted octanol–water partition coefficient (Wildman–Crippen LogP) is 5.84. The Morgan fingerprint density at radius 1 is 1.05 bits per heavy atom. The third kappa shape index (κ3) is 7.98. The third-order valence-electron chi connectivity index (χ3n) is 6.55. The molecule has 0 radical (unpaired) electrons. The Hall–Kier alpha value is -4.33. The number of anilines is 2. The van der Waals surface area contributed by atoms with Crippen LogP contribution in [0.3, 0.4) is 0 Å². The van der Waals surface area contributed by atoms with Gasteiger partial charge in [0.1, 0.15) is 17.2 Å². The minimum atomic E-state index is -5.96. The lowest BCUT2D eigenvalue weighted by molar-refractivity contribution is -0.289. The van der Waals surface area contributed by atoms with Crippen molar-refractivity contribution in [3.05, 3.63) is 77.7 Å². The fraction of sp³-hybridized carbons (Fsp3) is 0.400. The lowest BCUT2D eigenvalue weighted by atomic mass is 10.0. The van der Waals surface area contributed by atoms with Crippen LogP contribution in [0.4, 0.5) is 33.5 Å². The Bertz CT molecular complexity index is 1460. The van der Waals surface area contributed by atoms with Crippen LogP contribution < -0.4 is 20.7 Å². The normalized spacial score (nSPS) is 16.2. The first-order chi connectivity index (χ1) is 20.7. The largest absolute Gasteiger partial charge is 0.476 e. The third-order valence-corrected chi connectivity index (χ3v) is 6.55. The molecule has 1 aliphatic heterocycles.